The van der Waals surface area contributed by atoms with Crippen LogP contribution in [0.25, 0.3) is 0 Å². The monoisotopic (exact) mass is 338 g/mol. The van der Waals surface area contributed by atoms with E-state index in [0.717, 1.165) is 35.0 Å². The third-order valence-corrected chi connectivity index (χ3v) is 5.14. The zero-order valence-corrected chi connectivity index (χ0v) is 14.0. The van der Waals surface area contributed by atoms with Crippen LogP contribution in [0.15, 0.2) is 22.7 Å². The highest BCUT2D eigenvalue weighted by Gasteiger charge is 2.48. The van der Waals surface area contributed by atoms with Crippen LogP contribution < -0.4 is 4.74 Å². The first kappa shape index (κ1) is 14.4. The molecule has 2 unspecified atom stereocenters. The Morgan fingerprint density at radius 1 is 1.25 bits per heavy atom. The molecular formula is C17H23BrO2. The maximum Gasteiger partial charge on any atom is 0.127 e. The van der Waals surface area contributed by atoms with E-state index in [1.165, 1.54) is 6.42 Å². The summed E-state index contributed by atoms with van der Waals surface area (Å²) < 4.78 is 7.43. The number of ether oxygens (including phenoxy) is 1. The van der Waals surface area contributed by atoms with Gasteiger partial charge >= 0.3 is 0 Å². The fourth-order valence-electron chi connectivity index (χ4n) is 4.51. The Hall–Kier alpha value is -0.540. The molecule has 0 radical (unpaired) electrons. The van der Waals surface area contributed by atoms with Gasteiger partial charge in [-0.3, -0.25) is 0 Å². The van der Waals surface area contributed by atoms with Crippen LogP contribution in [0.1, 0.15) is 58.1 Å². The third kappa shape index (κ3) is 2.62. The van der Waals surface area contributed by atoms with Crippen LogP contribution in [0.2, 0.25) is 0 Å². The van der Waals surface area contributed by atoms with Gasteiger partial charge in [0.05, 0.1) is 6.10 Å². The van der Waals surface area contributed by atoms with Gasteiger partial charge < -0.3 is 9.84 Å². The van der Waals surface area contributed by atoms with Gasteiger partial charge in [-0.15, -0.1) is 0 Å². The predicted octanol–water partition coefficient (Wildman–Crippen LogP) is 4.85. The quantitative estimate of drug-likeness (QED) is 0.732. The predicted molar refractivity (Wildman–Crippen MR) is 83.9 cm³/mol. The summed E-state index contributed by atoms with van der Waals surface area (Å²) in [5.74, 6) is 1.49. The van der Waals surface area contributed by atoms with E-state index in [9.17, 15) is 5.11 Å². The van der Waals surface area contributed by atoms with Crippen LogP contribution in [0, 0.1) is 11.3 Å². The van der Waals surface area contributed by atoms with Crippen molar-refractivity contribution in [3.05, 3.63) is 28.2 Å². The zero-order valence-electron chi connectivity index (χ0n) is 12.4. The SMILES string of the molecule is CC1CC(C)(C)CC2(C1)C[C@H](O)c1ccc(Br)cc1O2. The van der Waals surface area contributed by atoms with Crippen molar-refractivity contribution in [1.82, 2.24) is 0 Å². The Balaban J connectivity index is 1.97. The lowest BCUT2D eigenvalue weighted by Crippen LogP contribution is -2.49. The summed E-state index contributed by atoms with van der Waals surface area (Å²) in [6.45, 7) is 6.93. The first-order valence-electron chi connectivity index (χ1n) is 7.45. The fraction of sp³-hybridized carbons (Fsp3) is 0.647. The van der Waals surface area contributed by atoms with Crippen molar-refractivity contribution in [1.29, 1.82) is 0 Å². The molecule has 1 fully saturated rings. The average molecular weight is 339 g/mol. The largest absolute Gasteiger partial charge is 0.487 e. The first-order valence-corrected chi connectivity index (χ1v) is 8.24. The van der Waals surface area contributed by atoms with Crippen molar-refractivity contribution in [2.45, 2.75) is 58.2 Å². The smallest absolute Gasteiger partial charge is 0.127 e. The maximum absolute atomic E-state index is 10.5. The van der Waals surface area contributed by atoms with Gasteiger partial charge in [-0.05, 0) is 42.7 Å². The number of aliphatic hydroxyl groups is 1. The van der Waals surface area contributed by atoms with Crippen LogP contribution in [-0.2, 0) is 0 Å². The fourth-order valence-corrected chi connectivity index (χ4v) is 4.85. The summed E-state index contributed by atoms with van der Waals surface area (Å²) in [4.78, 5) is 0. The lowest BCUT2D eigenvalue weighted by atomic mass is 9.63. The summed E-state index contributed by atoms with van der Waals surface area (Å²) in [6.07, 6.45) is 3.61. The molecule has 3 atom stereocenters. The molecule has 1 aliphatic heterocycles. The summed E-state index contributed by atoms with van der Waals surface area (Å²) in [5, 5.41) is 10.5. The second-order valence-electron chi connectivity index (χ2n) is 7.54. The Kier molecular flexibility index (Phi) is 3.41. The Bertz CT molecular complexity index is 526. The van der Waals surface area contributed by atoms with Crippen LogP contribution in [0.3, 0.4) is 0 Å². The first-order chi connectivity index (χ1) is 9.29. The highest BCUT2D eigenvalue weighted by Crippen LogP contribution is 2.52. The van der Waals surface area contributed by atoms with Crippen LogP contribution in [0.5, 0.6) is 5.75 Å². The minimum Gasteiger partial charge on any atom is -0.487 e. The number of hydrogen-bond acceptors (Lipinski definition) is 2. The molecule has 3 heteroatoms. The lowest BCUT2D eigenvalue weighted by molar-refractivity contribution is -0.0822. The highest BCUT2D eigenvalue weighted by molar-refractivity contribution is 9.10. The number of halogens is 1. The molecule has 1 aromatic carbocycles. The number of rotatable bonds is 0. The maximum atomic E-state index is 10.5. The second-order valence-corrected chi connectivity index (χ2v) is 8.46. The van der Waals surface area contributed by atoms with Gasteiger partial charge in [-0.2, -0.15) is 0 Å². The summed E-state index contributed by atoms with van der Waals surface area (Å²) in [7, 11) is 0. The molecule has 20 heavy (non-hydrogen) atoms. The summed E-state index contributed by atoms with van der Waals surface area (Å²) >= 11 is 3.50. The van der Waals surface area contributed by atoms with Crippen molar-refractivity contribution in [3.8, 4) is 5.75 Å². The molecule has 1 N–H and O–H groups in total. The molecule has 3 rings (SSSR count). The molecule has 0 saturated heterocycles. The minimum atomic E-state index is -0.409. The summed E-state index contributed by atoms with van der Waals surface area (Å²) in [6, 6.07) is 5.93. The van der Waals surface area contributed by atoms with Gasteiger partial charge in [0.15, 0.2) is 0 Å². The molecule has 2 aliphatic rings. The molecule has 110 valence electrons. The van der Waals surface area contributed by atoms with Crippen LogP contribution >= 0.6 is 15.9 Å². The molecule has 1 saturated carbocycles. The average Bonchev–Trinajstić information content (AvgIpc) is 2.23. The normalized spacial score (nSPS) is 35.5. The lowest BCUT2D eigenvalue weighted by Gasteiger charge is -2.50. The van der Waals surface area contributed by atoms with Crippen LogP contribution in [0.4, 0.5) is 0 Å². The summed E-state index contributed by atoms with van der Waals surface area (Å²) in [5.41, 5.74) is 1.00. The topological polar surface area (TPSA) is 29.5 Å². The van der Waals surface area contributed by atoms with Crippen molar-refractivity contribution in [2.75, 3.05) is 0 Å². The second kappa shape index (κ2) is 4.74. The van der Waals surface area contributed by atoms with Gasteiger partial charge in [-0.1, -0.05) is 42.8 Å². The molecule has 1 aromatic rings. The third-order valence-electron chi connectivity index (χ3n) is 4.65. The Morgan fingerprint density at radius 3 is 2.70 bits per heavy atom. The standard InChI is InChI=1S/C17H23BrO2/c1-11-7-16(2,3)10-17(8-11)9-14(19)13-5-4-12(18)6-15(13)20-17/h4-6,11,14,19H,7-10H2,1-3H3/t11?,14-,17?/m0/s1. The number of benzene rings is 1. The van der Waals surface area contributed by atoms with E-state index in [0.29, 0.717) is 5.92 Å². The van der Waals surface area contributed by atoms with E-state index in [1.807, 2.05) is 18.2 Å². The van der Waals surface area contributed by atoms with Gasteiger partial charge in [-0.25, -0.2) is 0 Å². The van der Waals surface area contributed by atoms with Crippen molar-refractivity contribution >= 4 is 15.9 Å². The molecule has 0 aromatic heterocycles. The number of fused-ring (bicyclic) bond motifs is 1. The van der Waals surface area contributed by atoms with E-state index in [1.54, 1.807) is 0 Å². The number of aliphatic hydroxyl groups excluding tert-OH is 1. The molecule has 0 amide bonds. The van der Waals surface area contributed by atoms with Crippen LogP contribution in [-0.4, -0.2) is 10.7 Å². The highest BCUT2D eigenvalue weighted by atomic mass is 79.9. The Labute approximate surface area is 129 Å². The van der Waals surface area contributed by atoms with Gasteiger partial charge in [0.1, 0.15) is 11.4 Å². The van der Waals surface area contributed by atoms with E-state index in [4.69, 9.17) is 4.74 Å². The van der Waals surface area contributed by atoms with Gasteiger partial charge in [0.2, 0.25) is 0 Å². The van der Waals surface area contributed by atoms with Crippen molar-refractivity contribution in [2.24, 2.45) is 11.3 Å². The molecular weight excluding hydrogens is 316 g/mol. The minimum absolute atomic E-state index is 0.200. The molecule has 1 aliphatic carbocycles. The molecule has 1 heterocycles. The van der Waals surface area contributed by atoms with E-state index >= 15 is 0 Å². The van der Waals surface area contributed by atoms with E-state index < -0.39 is 6.10 Å². The van der Waals surface area contributed by atoms with Crippen molar-refractivity contribution in [3.63, 3.8) is 0 Å². The Morgan fingerprint density at radius 2 is 2.00 bits per heavy atom. The molecule has 0 bridgehead atoms. The van der Waals surface area contributed by atoms with Gasteiger partial charge in [0, 0.05) is 16.5 Å². The molecule has 2 nitrogen and oxygen atoms in total. The molecule has 1 spiro atoms. The van der Waals surface area contributed by atoms with Gasteiger partial charge in [0.25, 0.3) is 0 Å². The van der Waals surface area contributed by atoms with E-state index in [2.05, 4.69) is 36.7 Å². The zero-order chi connectivity index (χ0) is 14.5. The number of hydrogen-bond donors (Lipinski definition) is 1. The van der Waals surface area contributed by atoms with Crippen molar-refractivity contribution < 1.29 is 9.84 Å². The van der Waals surface area contributed by atoms with E-state index in [-0.39, 0.29) is 11.0 Å².